The van der Waals surface area contributed by atoms with Gasteiger partial charge in [0.05, 0.1) is 5.92 Å². The zero-order valence-corrected chi connectivity index (χ0v) is 10.2. The Kier molecular flexibility index (Phi) is 3.08. The lowest BCUT2D eigenvalue weighted by Crippen LogP contribution is -2.03. The molecule has 0 amide bonds. The molecule has 1 aliphatic carbocycles. The van der Waals surface area contributed by atoms with Gasteiger partial charge in [-0.25, -0.2) is 0 Å². The van der Waals surface area contributed by atoms with Crippen molar-refractivity contribution in [2.75, 3.05) is 0 Å². The Bertz CT molecular complexity index is 334. The van der Waals surface area contributed by atoms with Crippen LogP contribution in [0.5, 0.6) is 0 Å². The van der Waals surface area contributed by atoms with Crippen LogP contribution in [0.4, 0.5) is 0 Å². The zero-order chi connectivity index (χ0) is 11.8. The van der Waals surface area contributed by atoms with Crippen molar-refractivity contribution >= 4 is 5.97 Å². The lowest BCUT2D eigenvalue weighted by molar-refractivity contribution is -0.139. The van der Waals surface area contributed by atoms with E-state index >= 15 is 0 Å². The molecule has 1 N–H and O–H groups in total. The third-order valence-electron chi connectivity index (χ3n) is 3.66. The first-order valence-corrected chi connectivity index (χ1v) is 5.37. The Morgan fingerprint density at radius 1 is 1.27 bits per heavy atom. The van der Waals surface area contributed by atoms with Crippen LogP contribution in [0.3, 0.4) is 0 Å². The minimum absolute atomic E-state index is 0.0822. The van der Waals surface area contributed by atoms with E-state index in [-0.39, 0.29) is 17.3 Å². The highest BCUT2D eigenvalue weighted by Crippen LogP contribution is 2.59. The smallest absolute Gasteiger partial charge is 0.307 e. The highest BCUT2D eigenvalue weighted by atomic mass is 16.4. The molecule has 0 saturated heterocycles. The van der Waals surface area contributed by atoms with Crippen molar-refractivity contribution in [2.24, 2.45) is 17.3 Å². The van der Waals surface area contributed by atoms with Crippen LogP contribution in [0.2, 0.25) is 0 Å². The second-order valence-electron chi connectivity index (χ2n) is 4.98. The molecule has 0 aromatic heterocycles. The molecule has 2 heteroatoms. The van der Waals surface area contributed by atoms with Gasteiger partial charge in [0.2, 0.25) is 0 Å². The van der Waals surface area contributed by atoms with E-state index < -0.39 is 5.97 Å². The SMILES string of the molecule is CC=C(C)C(C)=CC1C(C(=O)O)C1(C)C. The molecule has 1 fully saturated rings. The van der Waals surface area contributed by atoms with Gasteiger partial charge in [-0.1, -0.05) is 37.1 Å². The maximum atomic E-state index is 11.0. The van der Waals surface area contributed by atoms with Crippen molar-refractivity contribution in [3.8, 4) is 0 Å². The lowest BCUT2D eigenvalue weighted by atomic mass is 10.0. The van der Waals surface area contributed by atoms with Crippen molar-refractivity contribution in [3.63, 3.8) is 0 Å². The summed E-state index contributed by atoms with van der Waals surface area (Å²) in [6.07, 6.45) is 4.16. The average Bonchev–Trinajstić information content (AvgIpc) is 2.66. The van der Waals surface area contributed by atoms with E-state index in [0.717, 1.165) is 0 Å². The first kappa shape index (κ1) is 12.0. The second-order valence-corrected chi connectivity index (χ2v) is 4.98. The molecule has 2 unspecified atom stereocenters. The van der Waals surface area contributed by atoms with E-state index in [0.29, 0.717) is 0 Å². The minimum atomic E-state index is -0.674. The zero-order valence-electron chi connectivity index (χ0n) is 10.2. The summed E-state index contributed by atoms with van der Waals surface area (Å²) in [5.41, 5.74) is 2.34. The number of hydrogen-bond donors (Lipinski definition) is 1. The van der Waals surface area contributed by atoms with Crippen molar-refractivity contribution < 1.29 is 9.90 Å². The summed E-state index contributed by atoms with van der Waals surface area (Å²) < 4.78 is 0. The molecule has 0 bridgehead atoms. The van der Waals surface area contributed by atoms with Crippen molar-refractivity contribution in [3.05, 3.63) is 23.3 Å². The summed E-state index contributed by atoms with van der Waals surface area (Å²) in [7, 11) is 0. The van der Waals surface area contributed by atoms with Crippen molar-refractivity contribution in [1.29, 1.82) is 0 Å². The monoisotopic (exact) mass is 208 g/mol. The topological polar surface area (TPSA) is 37.3 Å². The Balaban J connectivity index is 2.82. The molecule has 15 heavy (non-hydrogen) atoms. The summed E-state index contributed by atoms with van der Waals surface area (Å²) in [6.45, 7) is 10.1. The van der Waals surface area contributed by atoms with E-state index in [9.17, 15) is 4.79 Å². The van der Waals surface area contributed by atoms with Gasteiger partial charge in [0, 0.05) is 0 Å². The van der Waals surface area contributed by atoms with Crippen LogP contribution in [-0.4, -0.2) is 11.1 Å². The fourth-order valence-electron chi connectivity index (χ4n) is 2.09. The minimum Gasteiger partial charge on any atom is -0.481 e. The van der Waals surface area contributed by atoms with Crippen molar-refractivity contribution in [2.45, 2.75) is 34.6 Å². The number of rotatable bonds is 3. The van der Waals surface area contributed by atoms with Crippen LogP contribution in [0.25, 0.3) is 0 Å². The molecule has 0 radical (unpaired) electrons. The van der Waals surface area contributed by atoms with Gasteiger partial charge in [0.1, 0.15) is 0 Å². The lowest BCUT2D eigenvalue weighted by Gasteiger charge is -2.01. The van der Waals surface area contributed by atoms with Gasteiger partial charge in [0.25, 0.3) is 0 Å². The van der Waals surface area contributed by atoms with Gasteiger partial charge in [0.15, 0.2) is 0 Å². The van der Waals surface area contributed by atoms with Crippen LogP contribution in [0.1, 0.15) is 34.6 Å². The molecular formula is C13H20O2. The van der Waals surface area contributed by atoms with E-state index in [1.807, 2.05) is 27.7 Å². The number of allylic oxidation sites excluding steroid dienone is 4. The summed E-state index contributed by atoms with van der Waals surface area (Å²) in [5, 5.41) is 9.02. The third-order valence-corrected chi connectivity index (χ3v) is 3.66. The number of aliphatic carboxylic acids is 1. The quantitative estimate of drug-likeness (QED) is 0.723. The van der Waals surface area contributed by atoms with Crippen LogP contribution in [0, 0.1) is 17.3 Å². The maximum Gasteiger partial charge on any atom is 0.307 e. The summed E-state index contributed by atoms with van der Waals surface area (Å²) in [5.74, 6) is -0.700. The summed E-state index contributed by atoms with van der Waals surface area (Å²) in [4.78, 5) is 11.0. The molecular weight excluding hydrogens is 188 g/mol. The van der Waals surface area contributed by atoms with Crippen molar-refractivity contribution in [1.82, 2.24) is 0 Å². The molecule has 0 spiro atoms. The van der Waals surface area contributed by atoms with E-state index in [2.05, 4.69) is 19.1 Å². The molecule has 2 nitrogen and oxygen atoms in total. The van der Waals surface area contributed by atoms with E-state index in [1.165, 1.54) is 11.1 Å². The third kappa shape index (κ3) is 2.14. The summed E-state index contributed by atoms with van der Waals surface area (Å²) in [6, 6.07) is 0. The molecule has 2 atom stereocenters. The van der Waals surface area contributed by atoms with Gasteiger partial charge in [-0.05, 0) is 32.1 Å². The first-order valence-electron chi connectivity index (χ1n) is 5.37. The largest absolute Gasteiger partial charge is 0.481 e. The van der Waals surface area contributed by atoms with Crippen LogP contribution >= 0.6 is 0 Å². The number of hydrogen-bond acceptors (Lipinski definition) is 1. The van der Waals surface area contributed by atoms with E-state index in [4.69, 9.17) is 5.11 Å². The molecule has 1 rings (SSSR count). The van der Waals surface area contributed by atoms with Gasteiger partial charge in [-0.15, -0.1) is 0 Å². The van der Waals surface area contributed by atoms with Crippen LogP contribution in [0.15, 0.2) is 23.3 Å². The molecule has 1 saturated carbocycles. The molecule has 0 heterocycles. The number of carboxylic acid groups (broad SMARTS) is 1. The van der Waals surface area contributed by atoms with Gasteiger partial charge in [-0.2, -0.15) is 0 Å². The second kappa shape index (κ2) is 3.84. The first-order chi connectivity index (χ1) is 6.82. The molecule has 84 valence electrons. The molecule has 0 aromatic carbocycles. The predicted molar refractivity (Wildman–Crippen MR) is 61.6 cm³/mol. The van der Waals surface area contributed by atoms with Crippen LogP contribution < -0.4 is 0 Å². The predicted octanol–water partition coefficient (Wildman–Crippen LogP) is 3.26. The molecule has 1 aliphatic rings. The highest BCUT2D eigenvalue weighted by molar-refractivity contribution is 5.76. The Hall–Kier alpha value is -1.05. The van der Waals surface area contributed by atoms with Gasteiger partial charge in [-0.3, -0.25) is 4.79 Å². The van der Waals surface area contributed by atoms with Gasteiger partial charge < -0.3 is 5.11 Å². The standard InChI is InChI=1S/C13H20O2/c1-6-8(2)9(3)7-10-11(12(14)15)13(10,4)5/h6-7,10-11H,1-5H3,(H,14,15). The number of carboxylic acids is 1. The highest BCUT2D eigenvalue weighted by Gasteiger charge is 2.60. The Morgan fingerprint density at radius 2 is 1.80 bits per heavy atom. The maximum absolute atomic E-state index is 11.0. The van der Waals surface area contributed by atoms with Gasteiger partial charge >= 0.3 is 5.97 Å². The Labute approximate surface area is 91.7 Å². The van der Waals surface area contributed by atoms with E-state index in [1.54, 1.807) is 0 Å². The normalized spacial score (nSPS) is 30.2. The number of carbonyl (C=O) groups is 1. The summed E-state index contributed by atoms with van der Waals surface area (Å²) >= 11 is 0. The Morgan fingerprint density at radius 3 is 2.13 bits per heavy atom. The average molecular weight is 208 g/mol. The molecule has 0 aliphatic heterocycles. The fraction of sp³-hybridized carbons (Fsp3) is 0.615. The molecule has 0 aromatic rings. The van der Waals surface area contributed by atoms with Crippen LogP contribution in [-0.2, 0) is 4.79 Å². The fourth-order valence-corrected chi connectivity index (χ4v) is 2.09.